The smallest absolute Gasteiger partial charge is 0.277 e. The molecule has 2 aliphatic heterocycles. The molecular formula is C18H10O8. The number of hydrogen-bond acceptors (Lipinski definition) is 8. The molecule has 2 aromatic carbocycles. The molecule has 26 heavy (non-hydrogen) atoms. The number of ketones is 2. The van der Waals surface area contributed by atoms with Crippen molar-refractivity contribution in [3.05, 3.63) is 58.4 Å². The third kappa shape index (κ3) is 1.48. The van der Waals surface area contributed by atoms with Crippen molar-refractivity contribution >= 4 is 11.6 Å². The van der Waals surface area contributed by atoms with E-state index in [9.17, 15) is 30.0 Å². The Labute approximate surface area is 145 Å². The van der Waals surface area contributed by atoms with Crippen molar-refractivity contribution < 1.29 is 39.5 Å². The molecule has 4 N–H and O–H groups in total. The summed E-state index contributed by atoms with van der Waals surface area (Å²) in [5.41, 5.74) is -3.24. The SMILES string of the molecule is O=C1c2cc3c(c(O)c2C(=O)c2c(O)ccc(O)c21)[C@@]1(O)C=CO[C@@H]1O3. The van der Waals surface area contributed by atoms with Gasteiger partial charge in [0, 0.05) is 5.56 Å². The van der Waals surface area contributed by atoms with E-state index in [1.54, 1.807) is 0 Å². The fourth-order valence-corrected chi connectivity index (χ4v) is 3.66. The van der Waals surface area contributed by atoms with E-state index in [-0.39, 0.29) is 28.0 Å². The number of benzene rings is 2. The van der Waals surface area contributed by atoms with Crippen LogP contribution in [0.25, 0.3) is 0 Å². The van der Waals surface area contributed by atoms with Crippen LogP contribution in [0.15, 0.2) is 30.5 Å². The van der Waals surface area contributed by atoms with Gasteiger partial charge < -0.3 is 29.9 Å². The van der Waals surface area contributed by atoms with Crippen LogP contribution in [0.4, 0.5) is 0 Å². The van der Waals surface area contributed by atoms with E-state index in [1.165, 1.54) is 18.4 Å². The lowest BCUT2D eigenvalue weighted by Gasteiger charge is -2.23. The molecule has 2 heterocycles. The van der Waals surface area contributed by atoms with E-state index < -0.39 is 46.3 Å². The quantitative estimate of drug-likeness (QED) is 0.440. The topological polar surface area (TPSA) is 134 Å². The highest BCUT2D eigenvalue weighted by atomic mass is 16.7. The predicted molar refractivity (Wildman–Crippen MR) is 83.3 cm³/mol. The number of carbonyl (C=O) groups excluding carboxylic acids is 2. The van der Waals surface area contributed by atoms with Crippen LogP contribution in [0.3, 0.4) is 0 Å². The van der Waals surface area contributed by atoms with Gasteiger partial charge in [-0.25, -0.2) is 0 Å². The molecule has 0 saturated heterocycles. The molecule has 0 fully saturated rings. The van der Waals surface area contributed by atoms with Crippen molar-refractivity contribution in [2.45, 2.75) is 11.9 Å². The Kier molecular flexibility index (Phi) is 2.48. The Bertz CT molecular complexity index is 1080. The van der Waals surface area contributed by atoms with Gasteiger partial charge in [0.15, 0.2) is 11.4 Å². The number of fused-ring (bicyclic) bond motifs is 5. The molecule has 130 valence electrons. The molecule has 3 aliphatic rings. The number of phenolic OH excluding ortho intramolecular Hbond substituents is 3. The number of aliphatic hydroxyl groups is 1. The Morgan fingerprint density at radius 3 is 2.31 bits per heavy atom. The molecule has 5 rings (SSSR count). The van der Waals surface area contributed by atoms with Gasteiger partial charge in [-0.1, -0.05) is 0 Å². The molecule has 0 aromatic heterocycles. The third-order valence-electron chi connectivity index (χ3n) is 4.87. The minimum absolute atomic E-state index is 0.0117. The van der Waals surface area contributed by atoms with Gasteiger partial charge in [0.25, 0.3) is 6.29 Å². The maximum absolute atomic E-state index is 12.9. The van der Waals surface area contributed by atoms with Crippen molar-refractivity contribution in [2.24, 2.45) is 0 Å². The van der Waals surface area contributed by atoms with E-state index in [4.69, 9.17) is 9.47 Å². The van der Waals surface area contributed by atoms with Crippen LogP contribution in [-0.2, 0) is 10.3 Å². The van der Waals surface area contributed by atoms with Crippen molar-refractivity contribution in [3.8, 4) is 23.0 Å². The summed E-state index contributed by atoms with van der Waals surface area (Å²) in [7, 11) is 0. The minimum Gasteiger partial charge on any atom is -0.507 e. The number of hydrogen-bond donors (Lipinski definition) is 4. The lowest BCUT2D eigenvalue weighted by atomic mass is 9.80. The van der Waals surface area contributed by atoms with Gasteiger partial charge in [0.1, 0.15) is 23.0 Å². The fourth-order valence-electron chi connectivity index (χ4n) is 3.66. The van der Waals surface area contributed by atoms with Crippen LogP contribution in [0, 0.1) is 0 Å². The lowest BCUT2D eigenvalue weighted by molar-refractivity contribution is -0.110. The average Bonchev–Trinajstić information content (AvgIpc) is 3.07. The first kappa shape index (κ1) is 14.8. The van der Waals surface area contributed by atoms with Gasteiger partial charge in [-0.05, 0) is 24.3 Å². The molecule has 2 aromatic rings. The number of aromatic hydroxyl groups is 3. The largest absolute Gasteiger partial charge is 0.507 e. The summed E-state index contributed by atoms with van der Waals surface area (Å²) in [6.07, 6.45) is 1.32. The van der Waals surface area contributed by atoms with Gasteiger partial charge >= 0.3 is 0 Å². The zero-order valence-corrected chi connectivity index (χ0v) is 12.9. The molecule has 2 atom stereocenters. The average molecular weight is 354 g/mol. The first-order valence-corrected chi connectivity index (χ1v) is 7.61. The second-order valence-corrected chi connectivity index (χ2v) is 6.25. The third-order valence-corrected chi connectivity index (χ3v) is 4.87. The highest BCUT2D eigenvalue weighted by Crippen LogP contribution is 2.53. The zero-order chi connectivity index (χ0) is 18.4. The second kappa shape index (κ2) is 4.36. The summed E-state index contributed by atoms with van der Waals surface area (Å²) in [5, 5.41) is 41.4. The van der Waals surface area contributed by atoms with Crippen molar-refractivity contribution in [3.63, 3.8) is 0 Å². The Morgan fingerprint density at radius 2 is 1.62 bits per heavy atom. The number of phenols is 3. The van der Waals surface area contributed by atoms with Gasteiger partial charge in [0.2, 0.25) is 5.78 Å². The first-order chi connectivity index (χ1) is 12.3. The Balaban J connectivity index is 1.84. The molecule has 0 radical (unpaired) electrons. The van der Waals surface area contributed by atoms with Crippen molar-refractivity contribution in [1.82, 2.24) is 0 Å². The van der Waals surface area contributed by atoms with Crippen molar-refractivity contribution in [1.29, 1.82) is 0 Å². The minimum atomic E-state index is -1.81. The van der Waals surface area contributed by atoms with Crippen LogP contribution in [0.5, 0.6) is 23.0 Å². The normalized spacial score (nSPS) is 24.4. The van der Waals surface area contributed by atoms with E-state index in [0.717, 1.165) is 12.1 Å². The van der Waals surface area contributed by atoms with Gasteiger partial charge in [-0.15, -0.1) is 0 Å². The standard InChI is InChI=1S/C18H10O8/c19-7-1-2-8(20)12-11(7)14(21)6-5-9-13(16(23)10(6)15(12)22)18(24)3-4-25-17(18)26-9/h1-5,17,19-20,23-24H/t17-,18+/m1/s1. The summed E-state index contributed by atoms with van der Waals surface area (Å²) in [6.45, 7) is 0. The first-order valence-electron chi connectivity index (χ1n) is 7.61. The molecule has 0 amide bonds. The molecule has 8 nitrogen and oxygen atoms in total. The molecule has 0 bridgehead atoms. The number of ether oxygens (including phenoxy) is 2. The summed E-state index contributed by atoms with van der Waals surface area (Å²) in [4.78, 5) is 25.7. The van der Waals surface area contributed by atoms with E-state index in [1.807, 2.05) is 0 Å². The number of rotatable bonds is 0. The Morgan fingerprint density at radius 1 is 0.962 bits per heavy atom. The van der Waals surface area contributed by atoms with Crippen molar-refractivity contribution in [2.75, 3.05) is 0 Å². The van der Waals surface area contributed by atoms with Crippen LogP contribution in [0.2, 0.25) is 0 Å². The molecule has 0 unspecified atom stereocenters. The highest BCUT2D eigenvalue weighted by Gasteiger charge is 2.54. The van der Waals surface area contributed by atoms with Crippen LogP contribution >= 0.6 is 0 Å². The monoisotopic (exact) mass is 354 g/mol. The van der Waals surface area contributed by atoms with E-state index >= 15 is 0 Å². The molecular weight excluding hydrogens is 344 g/mol. The second-order valence-electron chi connectivity index (χ2n) is 6.25. The maximum atomic E-state index is 12.9. The lowest BCUT2D eigenvalue weighted by Crippen LogP contribution is -2.33. The van der Waals surface area contributed by atoms with Crippen LogP contribution in [-0.4, -0.2) is 38.3 Å². The fraction of sp³-hybridized carbons (Fsp3) is 0.111. The summed E-state index contributed by atoms with van der Waals surface area (Å²) < 4.78 is 10.6. The summed E-state index contributed by atoms with van der Waals surface area (Å²) in [6, 6.07) is 3.39. The van der Waals surface area contributed by atoms with Crippen LogP contribution in [0.1, 0.15) is 37.4 Å². The number of carbonyl (C=O) groups is 2. The highest BCUT2D eigenvalue weighted by molar-refractivity contribution is 6.31. The van der Waals surface area contributed by atoms with E-state index in [0.29, 0.717) is 0 Å². The molecule has 1 aliphatic carbocycles. The van der Waals surface area contributed by atoms with Gasteiger partial charge in [-0.2, -0.15) is 0 Å². The molecule has 8 heteroatoms. The Hall–Kier alpha value is -3.52. The summed E-state index contributed by atoms with van der Waals surface area (Å²) >= 11 is 0. The van der Waals surface area contributed by atoms with E-state index in [2.05, 4.69) is 0 Å². The molecule has 0 spiro atoms. The predicted octanol–water partition coefficient (Wildman–Crippen LogP) is 1.03. The molecule has 0 saturated carbocycles. The van der Waals surface area contributed by atoms with Gasteiger partial charge in [0.05, 0.1) is 28.5 Å². The van der Waals surface area contributed by atoms with Gasteiger partial charge in [-0.3, -0.25) is 9.59 Å². The zero-order valence-electron chi connectivity index (χ0n) is 12.9. The summed E-state index contributed by atoms with van der Waals surface area (Å²) in [5.74, 6) is -3.22. The maximum Gasteiger partial charge on any atom is 0.277 e. The van der Waals surface area contributed by atoms with Crippen LogP contribution < -0.4 is 4.74 Å².